The van der Waals surface area contributed by atoms with Gasteiger partial charge in [0.1, 0.15) is 0 Å². The van der Waals surface area contributed by atoms with E-state index >= 15 is 0 Å². The van der Waals surface area contributed by atoms with Gasteiger partial charge < -0.3 is 5.11 Å². The highest BCUT2D eigenvalue weighted by Gasteiger charge is 2.12. The summed E-state index contributed by atoms with van der Waals surface area (Å²) in [6.07, 6.45) is 8.01. The zero-order valence-corrected chi connectivity index (χ0v) is 12.7. The second-order valence-electron chi connectivity index (χ2n) is 4.92. The van der Waals surface area contributed by atoms with Crippen LogP contribution in [0.1, 0.15) is 38.5 Å². The smallest absolute Gasteiger partial charge is 0.0960 e. The lowest BCUT2D eigenvalue weighted by Crippen LogP contribution is -2.08. The van der Waals surface area contributed by atoms with E-state index < -0.39 is 0 Å². The summed E-state index contributed by atoms with van der Waals surface area (Å²) in [5.41, 5.74) is 0. The van der Waals surface area contributed by atoms with Gasteiger partial charge in [-0.2, -0.15) is 0 Å². The Hall–Kier alpha value is 0.0300. The Bertz CT molecular complexity index is 272. The summed E-state index contributed by atoms with van der Waals surface area (Å²) in [5.74, 6) is 1.13. The molecule has 2 rings (SSSR count). The molecule has 0 saturated carbocycles. The molecule has 1 nitrogen and oxygen atoms in total. The molecular weight excluding hydrogens is 349 g/mol. The Kier molecular flexibility index (Phi) is 8.06. The first-order valence-corrected chi connectivity index (χ1v) is 8.04. The van der Waals surface area contributed by atoms with Gasteiger partial charge in [-0.15, -0.1) is 0 Å². The highest BCUT2D eigenvalue weighted by molar-refractivity contribution is 14.1. The molecule has 0 bridgehead atoms. The van der Waals surface area contributed by atoms with E-state index in [1.165, 1.54) is 4.43 Å². The van der Waals surface area contributed by atoms with E-state index in [-0.39, 0.29) is 18.3 Å². The highest BCUT2D eigenvalue weighted by Crippen LogP contribution is 2.25. The zero-order chi connectivity index (χ0) is 13.4. The highest BCUT2D eigenvalue weighted by atomic mass is 127. The molecule has 0 radical (unpaired) electrons. The molecule has 0 aromatic carbocycles. The van der Waals surface area contributed by atoms with Gasteiger partial charge in [0.2, 0.25) is 0 Å². The lowest BCUT2D eigenvalue weighted by atomic mass is 9.95. The van der Waals surface area contributed by atoms with Gasteiger partial charge in [0.05, 0.1) is 11.7 Å². The quantitative estimate of drug-likeness (QED) is 0.552. The van der Waals surface area contributed by atoms with E-state index in [0.29, 0.717) is 25.2 Å². The molecule has 0 amide bonds. The van der Waals surface area contributed by atoms with E-state index in [4.69, 9.17) is 5.11 Å². The van der Waals surface area contributed by atoms with Gasteiger partial charge in [-0.3, -0.25) is 0 Å². The minimum Gasteiger partial charge on any atom is -0.396 e. The molecule has 0 saturated heterocycles. The summed E-state index contributed by atoms with van der Waals surface area (Å²) in [6, 6.07) is 0. The van der Waals surface area contributed by atoms with Crippen molar-refractivity contribution in [2.75, 3.05) is 11.0 Å². The van der Waals surface area contributed by atoms with Crippen LogP contribution in [0.2, 0.25) is 0 Å². The Balaban J connectivity index is 0.000000180. The predicted octanol–water partition coefficient (Wildman–Crippen LogP) is 4.71. The molecule has 0 fully saturated rings. The van der Waals surface area contributed by atoms with E-state index in [0.717, 1.165) is 25.2 Å². The maximum Gasteiger partial charge on any atom is 0.0960 e. The number of aliphatic hydroxyl groups excluding tert-OH is 1. The third kappa shape index (κ3) is 6.27. The average molecular weight is 370 g/mol. The molecular formula is C14H21F2IO. The largest absolute Gasteiger partial charge is 0.396 e. The first-order valence-electron chi connectivity index (χ1n) is 6.51. The van der Waals surface area contributed by atoms with Crippen LogP contribution in [0.15, 0.2) is 23.8 Å². The van der Waals surface area contributed by atoms with Crippen LogP contribution in [0, 0.1) is 11.8 Å². The minimum absolute atomic E-state index is 0.0142. The van der Waals surface area contributed by atoms with Crippen molar-refractivity contribution in [1.29, 1.82) is 0 Å². The fourth-order valence-electron chi connectivity index (χ4n) is 2.02. The predicted molar refractivity (Wildman–Crippen MR) is 79.0 cm³/mol. The van der Waals surface area contributed by atoms with Crippen molar-refractivity contribution in [2.24, 2.45) is 11.8 Å². The molecule has 0 heterocycles. The van der Waals surface area contributed by atoms with Crippen molar-refractivity contribution in [3.05, 3.63) is 23.8 Å². The van der Waals surface area contributed by atoms with E-state index in [9.17, 15) is 8.78 Å². The molecule has 2 unspecified atom stereocenters. The Labute approximate surface area is 121 Å². The molecule has 4 heteroatoms. The van der Waals surface area contributed by atoms with Crippen LogP contribution in [-0.2, 0) is 0 Å². The molecule has 0 spiro atoms. The fraction of sp³-hybridized carbons (Fsp3) is 0.714. The van der Waals surface area contributed by atoms with Crippen LogP contribution in [0.25, 0.3) is 0 Å². The molecule has 2 atom stereocenters. The standard InChI is InChI=1S/C7H10FI.C7H11FO/c2*8-7-3-1-6(5-9)2-4-7/h3,6H,1-2,4-5H2;3,6,9H,1-2,4-5H2. The van der Waals surface area contributed by atoms with Crippen LogP contribution in [0.4, 0.5) is 8.78 Å². The molecule has 2 aliphatic carbocycles. The first-order chi connectivity index (χ1) is 8.65. The van der Waals surface area contributed by atoms with Crippen molar-refractivity contribution in [3.8, 4) is 0 Å². The summed E-state index contributed by atoms with van der Waals surface area (Å²) in [4.78, 5) is 0. The maximum atomic E-state index is 12.4. The van der Waals surface area contributed by atoms with Gasteiger partial charge >= 0.3 is 0 Å². The van der Waals surface area contributed by atoms with Gasteiger partial charge in [-0.1, -0.05) is 34.7 Å². The number of alkyl halides is 1. The maximum absolute atomic E-state index is 12.4. The SMILES string of the molecule is FC1=CCC(CI)CC1.OCC1CC=C(F)CC1. The molecule has 0 aromatic heterocycles. The Morgan fingerprint density at radius 3 is 1.89 bits per heavy atom. The third-order valence-electron chi connectivity index (χ3n) is 3.40. The normalized spacial score (nSPS) is 27.8. The van der Waals surface area contributed by atoms with Gasteiger partial charge in [0.25, 0.3) is 0 Å². The van der Waals surface area contributed by atoms with Gasteiger partial charge in [-0.05, 0) is 50.4 Å². The number of hydrogen-bond acceptors (Lipinski definition) is 1. The molecule has 0 aromatic rings. The number of aliphatic hydroxyl groups is 1. The zero-order valence-electron chi connectivity index (χ0n) is 10.5. The van der Waals surface area contributed by atoms with Crippen LogP contribution >= 0.6 is 22.6 Å². The van der Waals surface area contributed by atoms with Crippen LogP contribution < -0.4 is 0 Å². The first kappa shape index (κ1) is 16.1. The number of hydrogen-bond donors (Lipinski definition) is 1. The Morgan fingerprint density at radius 2 is 1.56 bits per heavy atom. The lowest BCUT2D eigenvalue weighted by molar-refractivity contribution is 0.212. The van der Waals surface area contributed by atoms with Crippen LogP contribution in [-0.4, -0.2) is 16.1 Å². The van der Waals surface area contributed by atoms with Crippen molar-refractivity contribution in [1.82, 2.24) is 0 Å². The van der Waals surface area contributed by atoms with E-state index in [1.807, 2.05) is 0 Å². The van der Waals surface area contributed by atoms with Crippen LogP contribution in [0.3, 0.4) is 0 Å². The summed E-state index contributed by atoms with van der Waals surface area (Å²) in [6.45, 7) is 0.198. The summed E-state index contributed by atoms with van der Waals surface area (Å²) in [5, 5.41) is 8.63. The third-order valence-corrected chi connectivity index (χ3v) is 4.65. The van der Waals surface area contributed by atoms with Gasteiger partial charge in [-0.25, -0.2) is 8.78 Å². The summed E-state index contributed by atoms with van der Waals surface area (Å²) < 4.78 is 25.8. The average Bonchev–Trinajstić information content (AvgIpc) is 2.41. The second kappa shape index (κ2) is 9.02. The topological polar surface area (TPSA) is 20.2 Å². The summed E-state index contributed by atoms with van der Waals surface area (Å²) >= 11 is 2.36. The number of rotatable bonds is 2. The molecule has 104 valence electrons. The molecule has 18 heavy (non-hydrogen) atoms. The van der Waals surface area contributed by atoms with Crippen molar-refractivity contribution in [2.45, 2.75) is 38.5 Å². The second-order valence-corrected chi connectivity index (χ2v) is 5.80. The van der Waals surface area contributed by atoms with Gasteiger partial charge in [0.15, 0.2) is 0 Å². The lowest BCUT2D eigenvalue weighted by Gasteiger charge is -2.14. The number of halogens is 3. The van der Waals surface area contributed by atoms with Crippen molar-refractivity contribution < 1.29 is 13.9 Å². The van der Waals surface area contributed by atoms with Crippen molar-refractivity contribution in [3.63, 3.8) is 0 Å². The van der Waals surface area contributed by atoms with Crippen LogP contribution in [0.5, 0.6) is 0 Å². The minimum atomic E-state index is -0.0142. The Morgan fingerprint density at radius 1 is 1.06 bits per heavy atom. The number of allylic oxidation sites excluding steroid dienone is 4. The molecule has 0 aliphatic heterocycles. The monoisotopic (exact) mass is 370 g/mol. The van der Waals surface area contributed by atoms with Crippen molar-refractivity contribution >= 4 is 22.6 Å². The van der Waals surface area contributed by atoms with E-state index in [2.05, 4.69) is 22.6 Å². The molecule has 2 aliphatic rings. The fourth-order valence-corrected chi connectivity index (χ4v) is 2.82. The van der Waals surface area contributed by atoms with E-state index in [1.54, 1.807) is 12.2 Å². The van der Waals surface area contributed by atoms with Gasteiger partial charge in [0, 0.05) is 11.0 Å². The molecule has 1 N–H and O–H groups in total. The summed E-state index contributed by atoms with van der Waals surface area (Å²) in [7, 11) is 0.